The first-order valence-electron chi connectivity index (χ1n) is 8.09. The Balaban J connectivity index is 1.96. The van der Waals surface area contributed by atoms with Gasteiger partial charge in [0, 0.05) is 19.5 Å². The monoisotopic (exact) mass is 348 g/mol. The minimum Gasteiger partial charge on any atom is -0.444 e. The Hall–Kier alpha value is -2.61. The van der Waals surface area contributed by atoms with Crippen LogP contribution in [0.25, 0.3) is 0 Å². The van der Waals surface area contributed by atoms with Crippen LogP contribution in [0.5, 0.6) is 0 Å². The van der Waals surface area contributed by atoms with Crippen molar-refractivity contribution in [3.8, 4) is 0 Å². The summed E-state index contributed by atoms with van der Waals surface area (Å²) in [5.74, 6) is -1.02. The number of nitrogens with zero attached hydrogens (tertiary/aromatic N) is 2. The maximum atomic E-state index is 12.4. The van der Waals surface area contributed by atoms with E-state index in [-0.39, 0.29) is 19.5 Å². The topological polar surface area (TPSA) is 119 Å². The summed E-state index contributed by atoms with van der Waals surface area (Å²) in [6, 6.07) is -0.793. The molecule has 0 unspecified atom stereocenters. The lowest BCUT2D eigenvalue weighted by molar-refractivity contribution is -0.136. The first kappa shape index (κ1) is 18.7. The molecule has 2 atom stereocenters. The molecule has 0 aromatic carbocycles. The van der Waals surface area contributed by atoms with Crippen molar-refractivity contribution in [2.24, 2.45) is 11.5 Å². The number of carbonyl (C=O) groups is 3. The summed E-state index contributed by atoms with van der Waals surface area (Å²) in [6.45, 7) is 6.41. The second kappa shape index (κ2) is 7.98. The molecule has 0 aliphatic carbocycles. The normalized spacial score (nSPS) is 23.4. The molecule has 2 heterocycles. The number of allylic oxidation sites excluding steroid dienone is 2. The molecule has 25 heavy (non-hydrogen) atoms. The van der Waals surface area contributed by atoms with Crippen LogP contribution in [-0.4, -0.2) is 66.0 Å². The van der Waals surface area contributed by atoms with Gasteiger partial charge in [-0.05, 0) is 18.1 Å². The molecule has 4 N–H and O–H groups in total. The summed E-state index contributed by atoms with van der Waals surface area (Å²) in [5, 5.41) is 0. The maximum absolute atomic E-state index is 12.4. The van der Waals surface area contributed by atoms with Gasteiger partial charge in [-0.1, -0.05) is 24.8 Å². The highest BCUT2D eigenvalue weighted by Gasteiger charge is 2.40. The number of likely N-dealkylation sites (tertiary alicyclic amines) is 1. The minimum atomic E-state index is -0.793. The highest BCUT2D eigenvalue weighted by Crippen LogP contribution is 2.23. The van der Waals surface area contributed by atoms with Crippen molar-refractivity contribution in [2.45, 2.75) is 25.5 Å². The van der Waals surface area contributed by atoms with E-state index in [2.05, 4.69) is 6.58 Å². The first-order chi connectivity index (χ1) is 11.9. The van der Waals surface area contributed by atoms with Crippen molar-refractivity contribution >= 4 is 17.9 Å². The van der Waals surface area contributed by atoms with Crippen LogP contribution in [0.2, 0.25) is 0 Å². The summed E-state index contributed by atoms with van der Waals surface area (Å²) < 4.78 is 5.48. The van der Waals surface area contributed by atoms with E-state index in [0.717, 1.165) is 11.1 Å². The zero-order valence-corrected chi connectivity index (χ0v) is 14.3. The molecular weight excluding hydrogens is 324 g/mol. The van der Waals surface area contributed by atoms with E-state index in [1.165, 1.54) is 4.90 Å². The van der Waals surface area contributed by atoms with E-state index in [0.29, 0.717) is 13.1 Å². The van der Waals surface area contributed by atoms with E-state index in [1.54, 1.807) is 11.0 Å². The van der Waals surface area contributed by atoms with Gasteiger partial charge in [0.15, 0.2) is 0 Å². The van der Waals surface area contributed by atoms with Crippen LogP contribution in [0.1, 0.15) is 13.3 Å². The van der Waals surface area contributed by atoms with Gasteiger partial charge in [-0.15, -0.1) is 0 Å². The molecule has 0 saturated carbocycles. The lowest BCUT2D eigenvalue weighted by Gasteiger charge is -2.21. The molecule has 0 aromatic rings. The van der Waals surface area contributed by atoms with Crippen LogP contribution in [0.3, 0.4) is 0 Å². The summed E-state index contributed by atoms with van der Waals surface area (Å²) in [7, 11) is 0. The molecule has 8 heteroatoms. The molecule has 136 valence electrons. The SMILES string of the molecule is C=C/C=C\C1=C(C)CN(C(=O)O[C@@H]2C[C@@H](C(N)=O)N(C(=O)CN)C2)C1. The van der Waals surface area contributed by atoms with Crippen molar-refractivity contribution in [2.75, 3.05) is 26.2 Å². The van der Waals surface area contributed by atoms with E-state index in [4.69, 9.17) is 16.2 Å². The smallest absolute Gasteiger partial charge is 0.410 e. The fourth-order valence-electron chi connectivity index (χ4n) is 3.06. The van der Waals surface area contributed by atoms with Gasteiger partial charge in [0.05, 0.1) is 13.1 Å². The molecule has 2 rings (SSSR count). The fourth-order valence-corrected chi connectivity index (χ4v) is 3.06. The zero-order chi connectivity index (χ0) is 18.6. The van der Waals surface area contributed by atoms with Gasteiger partial charge in [0.2, 0.25) is 11.8 Å². The van der Waals surface area contributed by atoms with Crippen LogP contribution in [-0.2, 0) is 14.3 Å². The number of rotatable bonds is 5. The largest absolute Gasteiger partial charge is 0.444 e. The summed E-state index contributed by atoms with van der Waals surface area (Å²) in [6.07, 6.45) is 4.54. The van der Waals surface area contributed by atoms with E-state index in [1.807, 2.05) is 19.1 Å². The average molecular weight is 348 g/mol. The predicted octanol–water partition coefficient (Wildman–Crippen LogP) is -0.0892. The van der Waals surface area contributed by atoms with Crippen molar-refractivity contribution in [1.29, 1.82) is 0 Å². The van der Waals surface area contributed by atoms with Crippen LogP contribution in [0.4, 0.5) is 4.79 Å². The van der Waals surface area contributed by atoms with Crippen molar-refractivity contribution < 1.29 is 19.1 Å². The number of hydrogen-bond acceptors (Lipinski definition) is 5. The molecule has 2 aliphatic heterocycles. The molecular formula is C17H24N4O4. The second-order valence-corrected chi connectivity index (χ2v) is 6.17. The Bertz CT molecular complexity index is 641. The van der Waals surface area contributed by atoms with Crippen molar-refractivity contribution in [3.63, 3.8) is 0 Å². The number of amides is 3. The number of primary amides is 1. The molecule has 1 fully saturated rings. The first-order valence-corrected chi connectivity index (χ1v) is 8.09. The van der Waals surface area contributed by atoms with Gasteiger partial charge < -0.3 is 21.1 Å². The van der Waals surface area contributed by atoms with Gasteiger partial charge in [-0.3, -0.25) is 14.5 Å². The van der Waals surface area contributed by atoms with Crippen molar-refractivity contribution in [1.82, 2.24) is 9.80 Å². The molecule has 0 spiro atoms. The Morgan fingerprint density at radius 2 is 2.08 bits per heavy atom. The lowest BCUT2D eigenvalue weighted by Crippen LogP contribution is -2.46. The van der Waals surface area contributed by atoms with E-state index in [9.17, 15) is 14.4 Å². The Morgan fingerprint density at radius 3 is 2.68 bits per heavy atom. The molecule has 1 saturated heterocycles. The fraction of sp³-hybridized carbons (Fsp3) is 0.471. The standard InChI is InChI=1S/C17H24N4O4/c1-3-4-5-12-9-20(8-11(12)2)17(24)25-13-6-14(16(19)23)21(10-13)15(22)7-18/h3-5,13-14H,1,6-10,18H2,2H3,(H2,19,23)/b5-4-/t13-,14+/m1/s1. The number of hydrogen-bond donors (Lipinski definition) is 2. The van der Waals surface area contributed by atoms with Gasteiger partial charge in [-0.2, -0.15) is 0 Å². The van der Waals surface area contributed by atoms with Crippen LogP contribution < -0.4 is 11.5 Å². The van der Waals surface area contributed by atoms with Gasteiger partial charge in [-0.25, -0.2) is 4.79 Å². The highest BCUT2D eigenvalue weighted by molar-refractivity contribution is 5.88. The minimum absolute atomic E-state index is 0.124. The third-order valence-corrected chi connectivity index (χ3v) is 4.38. The summed E-state index contributed by atoms with van der Waals surface area (Å²) >= 11 is 0. The van der Waals surface area contributed by atoms with Gasteiger partial charge >= 0.3 is 6.09 Å². The number of carbonyl (C=O) groups excluding carboxylic acids is 3. The van der Waals surface area contributed by atoms with Gasteiger partial charge in [0.25, 0.3) is 0 Å². The Labute approximate surface area is 146 Å². The Kier molecular flexibility index (Phi) is 5.97. The van der Waals surface area contributed by atoms with E-state index >= 15 is 0 Å². The van der Waals surface area contributed by atoms with Crippen molar-refractivity contribution in [3.05, 3.63) is 36.0 Å². The third kappa shape index (κ3) is 4.27. The third-order valence-electron chi connectivity index (χ3n) is 4.38. The Morgan fingerprint density at radius 1 is 1.36 bits per heavy atom. The van der Waals surface area contributed by atoms with Crippen LogP contribution >= 0.6 is 0 Å². The number of ether oxygens (including phenoxy) is 1. The van der Waals surface area contributed by atoms with E-state index < -0.39 is 30.1 Å². The quantitative estimate of drug-likeness (QED) is 0.673. The van der Waals surface area contributed by atoms with Gasteiger partial charge in [0.1, 0.15) is 12.1 Å². The average Bonchev–Trinajstić information content (AvgIpc) is 3.16. The molecule has 0 radical (unpaired) electrons. The molecule has 2 aliphatic rings. The number of nitrogens with two attached hydrogens (primary N) is 2. The highest BCUT2D eigenvalue weighted by atomic mass is 16.6. The summed E-state index contributed by atoms with van der Waals surface area (Å²) in [4.78, 5) is 38.6. The van der Waals surface area contributed by atoms with Crippen LogP contribution in [0, 0.1) is 0 Å². The second-order valence-electron chi connectivity index (χ2n) is 6.17. The summed E-state index contributed by atoms with van der Waals surface area (Å²) in [5.41, 5.74) is 12.8. The zero-order valence-electron chi connectivity index (χ0n) is 14.3. The molecule has 0 bridgehead atoms. The predicted molar refractivity (Wildman–Crippen MR) is 92.2 cm³/mol. The lowest BCUT2D eigenvalue weighted by atomic mass is 10.2. The molecule has 8 nitrogen and oxygen atoms in total. The molecule has 3 amide bonds. The van der Waals surface area contributed by atoms with Crippen LogP contribution in [0.15, 0.2) is 36.0 Å². The molecule has 0 aromatic heterocycles. The maximum Gasteiger partial charge on any atom is 0.410 e.